The van der Waals surface area contributed by atoms with Crippen LogP contribution >= 0.6 is 0 Å². The molecule has 0 N–H and O–H groups in total. The summed E-state index contributed by atoms with van der Waals surface area (Å²) in [6.07, 6.45) is 4.93. The first-order valence-electron chi connectivity index (χ1n) is 8.45. The van der Waals surface area contributed by atoms with Gasteiger partial charge in [0, 0.05) is 24.5 Å². The fourth-order valence-corrected chi connectivity index (χ4v) is 3.15. The van der Waals surface area contributed by atoms with Gasteiger partial charge in [-0.2, -0.15) is 4.98 Å². The van der Waals surface area contributed by atoms with Crippen molar-refractivity contribution >= 4 is 5.91 Å². The van der Waals surface area contributed by atoms with Crippen molar-refractivity contribution < 1.29 is 14.1 Å². The molecule has 1 saturated heterocycles. The fourth-order valence-electron chi connectivity index (χ4n) is 3.15. The van der Waals surface area contributed by atoms with Crippen LogP contribution in [0.5, 0.6) is 5.75 Å². The maximum absolute atomic E-state index is 12.8. The van der Waals surface area contributed by atoms with Crippen molar-refractivity contribution in [3.05, 3.63) is 60.2 Å². The molecule has 26 heavy (non-hydrogen) atoms. The summed E-state index contributed by atoms with van der Waals surface area (Å²) < 4.78 is 10.6. The smallest absolute Gasteiger partial charge is 0.256 e. The third-order valence-corrected chi connectivity index (χ3v) is 4.50. The first kappa shape index (κ1) is 16.3. The van der Waals surface area contributed by atoms with Crippen molar-refractivity contribution in [2.24, 2.45) is 0 Å². The highest BCUT2D eigenvalue weighted by Gasteiger charge is 2.34. The number of methoxy groups -OCH3 is 1. The minimum Gasteiger partial charge on any atom is -0.497 e. The average Bonchev–Trinajstić information content (AvgIpc) is 3.37. The molecule has 7 heteroatoms. The Bertz CT molecular complexity index is 893. The summed E-state index contributed by atoms with van der Waals surface area (Å²) in [4.78, 5) is 23.1. The van der Waals surface area contributed by atoms with Gasteiger partial charge in [0.1, 0.15) is 11.8 Å². The molecule has 0 saturated carbocycles. The first-order chi connectivity index (χ1) is 12.8. The highest BCUT2D eigenvalue weighted by atomic mass is 16.5. The summed E-state index contributed by atoms with van der Waals surface area (Å²) in [6.45, 7) is 0.665. The van der Waals surface area contributed by atoms with Gasteiger partial charge in [0.05, 0.1) is 12.7 Å². The summed E-state index contributed by atoms with van der Waals surface area (Å²) in [5.41, 5.74) is 1.40. The molecule has 1 aliphatic rings. The lowest BCUT2D eigenvalue weighted by atomic mass is 10.2. The van der Waals surface area contributed by atoms with Crippen molar-refractivity contribution in [2.45, 2.75) is 18.9 Å². The highest BCUT2D eigenvalue weighted by Crippen LogP contribution is 2.33. The van der Waals surface area contributed by atoms with E-state index in [4.69, 9.17) is 9.26 Å². The Kier molecular flexibility index (Phi) is 4.35. The summed E-state index contributed by atoms with van der Waals surface area (Å²) >= 11 is 0. The summed E-state index contributed by atoms with van der Waals surface area (Å²) in [6, 6.07) is 10.8. The quantitative estimate of drug-likeness (QED) is 0.719. The number of rotatable bonds is 4. The molecule has 3 heterocycles. The topological polar surface area (TPSA) is 81.4 Å². The fraction of sp³-hybridized carbons (Fsp3) is 0.263. The van der Waals surface area contributed by atoms with Gasteiger partial charge in [-0.05, 0) is 49.2 Å². The molecule has 1 atom stereocenters. The maximum atomic E-state index is 12.8. The molecule has 2 aromatic heterocycles. The molecule has 1 amide bonds. The van der Waals surface area contributed by atoms with Gasteiger partial charge in [-0.15, -0.1) is 0 Å². The monoisotopic (exact) mass is 350 g/mol. The normalized spacial score (nSPS) is 16.7. The van der Waals surface area contributed by atoms with Crippen LogP contribution < -0.4 is 4.74 Å². The SMILES string of the molecule is COc1ccc(-c2noc([C@H]3CCCN3C(=O)c3cccnc3)n2)cc1. The van der Waals surface area contributed by atoms with E-state index in [0.717, 1.165) is 24.2 Å². The van der Waals surface area contributed by atoms with Crippen LogP contribution in [0.1, 0.15) is 35.1 Å². The van der Waals surface area contributed by atoms with E-state index in [9.17, 15) is 4.79 Å². The minimum atomic E-state index is -0.206. The minimum absolute atomic E-state index is 0.0650. The third-order valence-electron chi connectivity index (χ3n) is 4.50. The molecule has 0 aliphatic carbocycles. The summed E-state index contributed by atoms with van der Waals surface area (Å²) in [7, 11) is 1.62. The van der Waals surface area contributed by atoms with Crippen LogP contribution in [0.25, 0.3) is 11.4 Å². The Morgan fingerprint density at radius 1 is 1.27 bits per heavy atom. The number of pyridine rings is 1. The van der Waals surface area contributed by atoms with Gasteiger partial charge < -0.3 is 14.2 Å². The summed E-state index contributed by atoms with van der Waals surface area (Å²) in [5, 5.41) is 4.08. The molecule has 0 radical (unpaired) electrons. The molecule has 4 rings (SSSR count). The van der Waals surface area contributed by atoms with Crippen molar-refractivity contribution in [1.82, 2.24) is 20.0 Å². The molecule has 1 aliphatic heterocycles. The number of hydrogen-bond acceptors (Lipinski definition) is 6. The van der Waals surface area contributed by atoms with E-state index in [1.54, 1.807) is 36.5 Å². The maximum Gasteiger partial charge on any atom is 0.256 e. The number of nitrogens with zero attached hydrogens (tertiary/aromatic N) is 4. The zero-order chi connectivity index (χ0) is 17.9. The standard InChI is InChI=1S/C19H18N4O3/c1-25-15-8-6-13(7-9-15)17-21-18(26-22-17)16-5-3-11-23(16)19(24)14-4-2-10-20-12-14/h2,4,6-10,12,16H,3,5,11H2,1H3/t16-/m1/s1. The first-order valence-corrected chi connectivity index (χ1v) is 8.45. The number of likely N-dealkylation sites (tertiary alicyclic amines) is 1. The van der Waals surface area contributed by atoms with Crippen LogP contribution in [0.15, 0.2) is 53.3 Å². The van der Waals surface area contributed by atoms with Crippen molar-refractivity contribution in [2.75, 3.05) is 13.7 Å². The number of hydrogen-bond donors (Lipinski definition) is 0. The molecular formula is C19H18N4O3. The molecule has 0 spiro atoms. The number of amides is 1. The Morgan fingerprint density at radius 3 is 2.85 bits per heavy atom. The van der Waals surface area contributed by atoms with E-state index in [1.165, 1.54) is 0 Å². The molecule has 7 nitrogen and oxygen atoms in total. The molecule has 0 unspecified atom stereocenters. The number of carbonyl (C=O) groups is 1. The second-order valence-corrected chi connectivity index (χ2v) is 6.08. The van der Waals surface area contributed by atoms with Gasteiger partial charge in [0.25, 0.3) is 5.91 Å². The van der Waals surface area contributed by atoms with Crippen LogP contribution in [-0.4, -0.2) is 39.6 Å². The van der Waals surface area contributed by atoms with Crippen LogP contribution in [0.3, 0.4) is 0 Å². The van der Waals surface area contributed by atoms with E-state index in [0.29, 0.717) is 23.8 Å². The van der Waals surface area contributed by atoms with E-state index >= 15 is 0 Å². The number of ether oxygens (including phenoxy) is 1. The number of benzene rings is 1. The molecule has 3 aromatic rings. The highest BCUT2D eigenvalue weighted by molar-refractivity contribution is 5.94. The van der Waals surface area contributed by atoms with Crippen molar-refractivity contribution in [1.29, 1.82) is 0 Å². The lowest BCUT2D eigenvalue weighted by molar-refractivity contribution is 0.0709. The lowest BCUT2D eigenvalue weighted by Gasteiger charge is -2.21. The number of carbonyl (C=O) groups excluding carboxylic acids is 1. The second kappa shape index (κ2) is 6.95. The van der Waals surface area contributed by atoms with Crippen LogP contribution in [0.4, 0.5) is 0 Å². The predicted octanol–water partition coefficient (Wildman–Crippen LogP) is 3.12. The van der Waals surface area contributed by atoms with Gasteiger partial charge in [-0.25, -0.2) is 0 Å². The van der Waals surface area contributed by atoms with Gasteiger partial charge in [0.2, 0.25) is 11.7 Å². The number of aromatic nitrogens is 3. The molecule has 1 aromatic carbocycles. The van der Waals surface area contributed by atoms with Gasteiger partial charge in [0.15, 0.2) is 0 Å². The molecule has 0 bridgehead atoms. The lowest BCUT2D eigenvalue weighted by Crippen LogP contribution is -2.30. The van der Waals surface area contributed by atoms with E-state index < -0.39 is 0 Å². The Labute approximate surface area is 150 Å². The van der Waals surface area contributed by atoms with Crippen molar-refractivity contribution in [3.63, 3.8) is 0 Å². The third kappa shape index (κ3) is 3.03. The van der Waals surface area contributed by atoms with Crippen molar-refractivity contribution in [3.8, 4) is 17.1 Å². The van der Waals surface area contributed by atoms with Crippen LogP contribution in [-0.2, 0) is 0 Å². The van der Waals surface area contributed by atoms with E-state index in [2.05, 4.69) is 15.1 Å². The van der Waals surface area contributed by atoms with E-state index in [-0.39, 0.29) is 11.9 Å². The second-order valence-electron chi connectivity index (χ2n) is 6.08. The molecular weight excluding hydrogens is 332 g/mol. The van der Waals surface area contributed by atoms with Crippen LogP contribution in [0, 0.1) is 0 Å². The van der Waals surface area contributed by atoms with Gasteiger partial charge in [-0.1, -0.05) is 5.16 Å². The summed E-state index contributed by atoms with van der Waals surface area (Å²) in [5.74, 6) is 1.67. The Balaban J connectivity index is 1.57. The van der Waals surface area contributed by atoms with Gasteiger partial charge in [-0.3, -0.25) is 9.78 Å². The zero-order valence-electron chi connectivity index (χ0n) is 14.3. The average molecular weight is 350 g/mol. The zero-order valence-corrected chi connectivity index (χ0v) is 14.3. The largest absolute Gasteiger partial charge is 0.497 e. The Hall–Kier alpha value is -3.22. The van der Waals surface area contributed by atoms with Crippen LogP contribution in [0.2, 0.25) is 0 Å². The van der Waals surface area contributed by atoms with Gasteiger partial charge >= 0.3 is 0 Å². The predicted molar refractivity (Wildman–Crippen MR) is 93.5 cm³/mol. The molecule has 132 valence electrons. The van der Waals surface area contributed by atoms with E-state index in [1.807, 2.05) is 24.3 Å². The molecule has 1 fully saturated rings. The Morgan fingerprint density at radius 2 is 2.12 bits per heavy atom.